The van der Waals surface area contributed by atoms with Crippen molar-refractivity contribution >= 4 is 11.8 Å². The van der Waals surface area contributed by atoms with Gasteiger partial charge in [-0.15, -0.1) is 0 Å². The maximum Gasteiger partial charge on any atom is 0.256 e. The number of carbonyl (C=O) groups is 2. The van der Waals surface area contributed by atoms with Crippen LogP contribution in [0.3, 0.4) is 0 Å². The number of nitrogens with zero attached hydrogens (tertiary/aromatic N) is 2. The van der Waals surface area contributed by atoms with Gasteiger partial charge in [0.25, 0.3) is 5.91 Å². The maximum atomic E-state index is 12.4. The predicted octanol–water partition coefficient (Wildman–Crippen LogP) is -0.485. The van der Waals surface area contributed by atoms with Crippen molar-refractivity contribution in [2.24, 2.45) is 5.73 Å². The van der Waals surface area contributed by atoms with Crippen LogP contribution in [-0.2, 0) is 4.79 Å². The number of likely N-dealkylation sites (tertiary alicyclic amines) is 1. The van der Waals surface area contributed by atoms with Gasteiger partial charge in [0.2, 0.25) is 5.91 Å². The summed E-state index contributed by atoms with van der Waals surface area (Å²) in [6.07, 6.45) is 4.30. The van der Waals surface area contributed by atoms with Gasteiger partial charge in [-0.25, -0.2) is 0 Å². The molecule has 104 valence electrons. The van der Waals surface area contributed by atoms with Crippen molar-refractivity contribution in [3.8, 4) is 11.8 Å². The lowest BCUT2D eigenvalue weighted by Gasteiger charge is -2.22. The Labute approximate surface area is 116 Å². The quantitative estimate of drug-likeness (QED) is 0.711. The number of hydrogen-bond acceptors (Lipinski definition) is 4. The summed E-state index contributed by atoms with van der Waals surface area (Å²) in [5, 5.41) is 8.65. The van der Waals surface area contributed by atoms with E-state index in [1.165, 1.54) is 17.3 Å². The molecule has 1 aliphatic heterocycles. The Balaban J connectivity index is 2.22. The van der Waals surface area contributed by atoms with E-state index < -0.39 is 11.9 Å². The number of hydrogen-bond donors (Lipinski definition) is 2. The first-order valence-electron chi connectivity index (χ1n) is 6.28. The minimum absolute atomic E-state index is 0.256. The Bertz CT molecular complexity index is 589. The molecule has 1 aromatic rings. The van der Waals surface area contributed by atoms with Crippen LogP contribution >= 0.6 is 0 Å². The van der Waals surface area contributed by atoms with Gasteiger partial charge in [-0.3, -0.25) is 14.6 Å². The lowest BCUT2D eigenvalue weighted by molar-refractivity contribution is -0.121. The smallest absolute Gasteiger partial charge is 0.256 e. The fourth-order valence-corrected chi connectivity index (χ4v) is 2.24. The Morgan fingerprint density at radius 3 is 3.00 bits per heavy atom. The van der Waals surface area contributed by atoms with Crippen molar-refractivity contribution < 1.29 is 14.7 Å². The number of aromatic nitrogens is 1. The minimum Gasteiger partial charge on any atom is -0.384 e. The number of aliphatic hydroxyl groups is 1. The highest BCUT2D eigenvalue weighted by Crippen LogP contribution is 2.19. The highest BCUT2D eigenvalue weighted by Gasteiger charge is 2.33. The summed E-state index contributed by atoms with van der Waals surface area (Å²) in [6.45, 7) is 0.257. The van der Waals surface area contributed by atoms with E-state index in [0.29, 0.717) is 24.1 Å². The lowest BCUT2D eigenvalue weighted by Crippen LogP contribution is -2.43. The van der Waals surface area contributed by atoms with E-state index in [1.54, 1.807) is 6.07 Å². The second-order valence-electron chi connectivity index (χ2n) is 4.48. The number of carbonyl (C=O) groups excluding carboxylic acids is 2. The number of rotatable bonds is 2. The molecule has 0 aromatic carbocycles. The zero-order valence-electron chi connectivity index (χ0n) is 10.9. The Kier molecular flexibility index (Phi) is 4.33. The van der Waals surface area contributed by atoms with Crippen LogP contribution in [0.4, 0.5) is 0 Å². The Morgan fingerprint density at radius 1 is 1.50 bits per heavy atom. The van der Waals surface area contributed by atoms with Gasteiger partial charge in [0, 0.05) is 24.5 Å². The third-order valence-corrected chi connectivity index (χ3v) is 3.14. The van der Waals surface area contributed by atoms with E-state index in [0.717, 1.165) is 6.42 Å². The van der Waals surface area contributed by atoms with Crippen LogP contribution in [0.1, 0.15) is 28.8 Å². The third kappa shape index (κ3) is 2.95. The first-order chi connectivity index (χ1) is 9.63. The zero-order chi connectivity index (χ0) is 14.5. The second kappa shape index (κ2) is 6.17. The van der Waals surface area contributed by atoms with Crippen molar-refractivity contribution in [2.45, 2.75) is 18.9 Å². The van der Waals surface area contributed by atoms with Gasteiger partial charge in [-0.1, -0.05) is 11.8 Å². The molecule has 2 rings (SSSR count). The van der Waals surface area contributed by atoms with Crippen molar-refractivity contribution in [3.05, 3.63) is 29.6 Å². The van der Waals surface area contributed by atoms with E-state index in [1.807, 2.05) is 0 Å². The standard InChI is InChI=1S/C14H15N3O3/c15-13(19)12-4-1-5-17(12)14(20)11-7-10(3-2-6-18)8-16-9-11/h7-9,12,18H,1,4-6H2,(H2,15,19). The van der Waals surface area contributed by atoms with E-state index >= 15 is 0 Å². The van der Waals surface area contributed by atoms with Crippen LogP contribution < -0.4 is 5.73 Å². The van der Waals surface area contributed by atoms with E-state index in [4.69, 9.17) is 10.8 Å². The number of amides is 2. The first-order valence-corrected chi connectivity index (χ1v) is 6.28. The highest BCUT2D eigenvalue weighted by molar-refractivity contribution is 5.97. The molecular formula is C14H15N3O3. The molecule has 2 heterocycles. The van der Waals surface area contributed by atoms with E-state index in [9.17, 15) is 9.59 Å². The molecule has 3 N–H and O–H groups in total. The average Bonchev–Trinajstić information content (AvgIpc) is 2.94. The molecule has 0 radical (unpaired) electrons. The van der Waals surface area contributed by atoms with Crippen LogP contribution in [0.25, 0.3) is 0 Å². The molecule has 0 bridgehead atoms. The largest absolute Gasteiger partial charge is 0.384 e. The molecule has 6 heteroatoms. The van der Waals surface area contributed by atoms with Crippen LogP contribution in [0.2, 0.25) is 0 Å². The average molecular weight is 273 g/mol. The predicted molar refractivity (Wildman–Crippen MR) is 71.5 cm³/mol. The molecular weight excluding hydrogens is 258 g/mol. The van der Waals surface area contributed by atoms with Crippen molar-refractivity contribution in [2.75, 3.05) is 13.2 Å². The molecule has 0 aliphatic carbocycles. The van der Waals surface area contributed by atoms with Gasteiger partial charge in [-0.05, 0) is 18.9 Å². The normalized spacial score (nSPS) is 17.4. The van der Waals surface area contributed by atoms with Gasteiger partial charge >= 0.3 is 0 Å². The van der Waals surface area contributed by atoms with Gasteiger partial charge < -0.3 is 15.7 Å². The van der Waals surface area contributed by atoms with Crippen LogP contribution in [-0.4, -0.2) is 46.0 Å². The monoisotopic (exact) mass is 273 g/mol. The second-order valence-corrected chi connectivity index (χ2v) is 4.48. The number of primary amides is 1. The van der Waals surface area contributed by atoms with Gasteiger partial charge in [0.05, 0.1) is 5.56 Å². The van der Waals surface area contributed by atoms with Crippen LogP contribution in [0, 0.1) is 11.8 Å². The van der Waals surface area contributed by atoms with Crippen molar-refractivity contribution in [1.82, 2.24) is 9.88 Å². The summed E-state index contributed by atoms with van der Waals surface area (Å²) in [5.74, 6) is 4.43. The molecule has 1 aromatic heterocycles. The fourth-order valence-electron chi connectivity index (χ4n) is 2.24. The minimum atomic E-state index is -0.547. The molecule has 0 saturated carbocycles. The van der Waals surface area contributed by atoms with Gasteiger partial charge in [0.15, 0.2) is 0 Å². The van der Waals surface area contributed by atoms with Crippen LogP contribution in [0.5, 0.6) is 0 Å². The number of pyridine rings is 1. The molecule has 2 amide bonds. The SMILES string of the molecule is NC(=O)C1CCCN1C(=O)c1cncc(C#CCO)c1. The van der Waals surface area contributed by atoms with E-state index in [-0.39, 0.29) is 12.5 Å². The molecule has 1 fully saturated rings. The Hall–Kier alpha value is -2.39. The van der Waals surface area contributed by atoms with E-state index in [2.05, 4.69) is 16.8 Å². The maximum absolute atomic E-state index is 12.4. The molecule has 1 unspecified atom stereocenters. The fraction of sp³-hybridized carbons (Fsp3) is 0.357. The zero-order valence-corrected chi connectivity index (χ0v) is 10.9. The number of nitrogens with two attached hydrogens (primary N) is 1. The molecule has 6 nitrogen and oxygen atoms in total. The lowest BCUT2D eigenvalue weighted by atomic mass is 10.1. The van der Waals surface area contributed by atoms with Crippen molar-refractivity contribution in [1.29, 1.82) is 0 Å². The summed E-state index contributed by atoms with van der Waals surface area (Å²) in [6, 6.07) is 1.05. The van der Waals surface area contributed by atoms with Gasteiger partial charge in [0.1, 0.15) is 12.6 Å². The van der Waals surface area contributed by atoms with Crippen molar-refractivity contribution in [3.63, 3.8) is 0 Å². The number of aliphatic hydroxyl groups excluding tert-OH is 1. The van der Waals surface area contributed by atoms with Crippen LogP contribution in [0.15, 0.2) is 18.5 Å². The summed E-state index contributed by atoms with van der Waals surface area (Å²) in [4.78, 5) is 29.1. The molecule has 1 atom stereocenters. The molecule has 20 heavy (non-hydrogen) atoms. The highest BCUT2D eigenvalue weighted by atomic mass is 16.2. The summed E-state index contributed by atoms with van der Waals surface area (Å²) < 4.78 is 0. The van der Waals surface area contributed by atoms with Gasteiger partial charge in [-0.2, -0.15) is 0 Å². The first kappa shape index (κ1) is 14.0. The summed E-state index contributed by atoms with van der Waals surface area (Å²) >= 11 is 0. The third-order valence-electron chi connectivity index (χ3n) is 3.14. The summed E-state index contributed by atoms with van der Waals surface area (Å²) in [7, 11) is 0. The Morgan fingerprint density at radius 2 is 2.30 bits per heavy atom. The molecule has 1 saturated heterocycles. The topological polar surface area (TPSA) is 96.5 Å². The molecule has 0 spiro atoms. The molecule has 1 aliphatic rings. The summed E-state index contributed by atoms with van der Waals surface area (Å²) in [5.41, 5.74) is 6.21.